The third kappa shape index (κ3) is 4.76. The average Bonchev–Trinajstić information content (AvgIpc) is 3.10. The lowest BCUT2D eigenvalue weighted by atomic mass is 9.99. The molecule has 7 nitrogen and oxygen atoms in total. The van der Waals surface area contributed by atoms with Crippen molar-refractivity contribution in [3.63, 3.8) is 0 Å². The standard InChI is InChI=1S/C22H32O7/c1-13(2)24-15-9-7-14(8-10-15)11-23-12-16-17-18(27-21(3,4)26-17)19-20(25-16)29-22(5,6)28-19/h7-10,13,16-20H,11-12H2,1-6H3/t16-,17-,18-,19+,20+/m0/s1. The molecule has 3 heterocycles. The first kappa shape index (κ1) is 21.0. The zero-order valence-electron chi connectivity index (χ0n) is 18.0. The van der Waals surface area contributed by atoms with Gasteiger partial charge in [0, 0.05) is 0 Å². The smallest absolute Gasteiger partial charge is 0.190 e. The normalized spacial score (nSPS) is 34.8. The molecule has 1 aromatic carbocycles. The Morgan fingerprint density at radius 1 is 0.862 bits per heavy atom. The van der Waals surface area contributed by atoms with E-state index in [-0.39, 0.29) is 30.5 Å². The SMILES string of the molecule is CC(C)Oc1ccc(COC[C@@H]2O[C@@H]3OC(C)(C)O[C@@H]3[C@H]3OC(C)(C)O[C@H]32)cc1. The number of ether oxygens (including phenoxy) is 7. The quantitative estimate of drug-likeness (QED) is 0.715. The van der Waals surface area contributed by atoms with Crippen LogP contribution in [0.15, 0.2) is 24.3 Å². The molecule has 162 valence electrons. The molecule has 0 aromatic heterocycles. The maximum absolute atomic E-state index is 6.16. The van der Waals surface area contributed by atoms with Crippen molar-refractivity contribution < 1.29 is 33.2 Å². The van der Waals surface area contributed by atoms with E-state index in [0.717, 1.165) is 11.3 Å². The second-order valence-electron chi connectivity index (χ2n) is 9.03. The van der Waals surface area contributed by atoms with Gasteiger partial charge in [0.25, 0.3) is 0 Å². The van der Waals surface area contributed by atoms with Gasteiger partial charge in [-0.3, -0.25) is 0 Å². The zero-order valence-corrected chi connectivity index (χ0v) is 18.0. The molecule has 29 heavy (non-hydrogen) atoms. The molecule has 3 saturated heterocycles. The van der Waals surface area contributed by atoms with Gasteiger partial charge in [-0.1, -0.05) is 12.1 Å². The van der Waals surface area contributed by atoms with E-state index < -0.39 is 17.9 Å². The van der Waals surface area contributed by atoms with Crippen LogP contribution >= 0.6 is 0 Å². The van der Waals surface area contributed by atoms with Gasteiger partial charge in [-0.05, 0) is 59.2 Å². The third-order valence-corrected chi connectivity index (χ3v) is 5.10. The first-order chi connectivity index (χ1) is 13.6. The van der Waals surface area contributed by atoms with Gasteiger partial charge in [0.2, 0.25) is 0 Å². The van der Waals surface area contributed by atoms with Crippen LogP contribution < -0.4 is 4.74 Å². The fourth-order valence-electron chi connectivity index (χ4n) is 4.06. The Bertz CT molecular complexity index is 700. The predicted molar refractivity (Wildman–Crippen MR) is 104 cm³/mol. The summed E-state index contributed by atoms with van der Waals surface area (Å²) in [5.74, 6) is -0.562. The van der Waals surface area contributed by atoms with Gasteiger partial charge in [-0.25, -0.2) is 0 Å². The van der Waals surface area contributed by atoms with Crippen molar-refractivity contribution in [3.8, 4) is 5.75 Å². The largest absolute Gasteiger partial charge is 0.491 e. The van der Waals surface area contributed by atoms with Gasteiger partial charge in [0.15, 0.2) is 17.9 Å². The highest BCUT2D eigenvalue weighted by atomic mass is 16.9. The Kier molecular flexibility index (Phi) is 5.65. The molecule has 0 bridgehead atoms. The van der Waals surface area contributed by atoms with Crippen LogP contribution in [0.2, 0.25) is 0 Å². The second kappa shape index (κ2) is 7.80. The monoisotopic (exact) mass is 408 g/mol. The lowest BCUT2D eigenvalue weighted by Crippen LogP contribution is -2.56. The van der Waals surface area contributed by atoms with E-state index in [1.807, 2.05) is 65.8 Å². The lowest BCUT2D eigenvalue weighted by Gasteiger charge is -2.37. The Morgan fingerprint density at radius 2 is 1.48 bits per heavy atom. The van der Waals surface area contributed by atoms with Gasteiger partial charge in [-0.2, -0.15) is 0 Å². The van der Waals surface area contributed by atoms with Gasteiger partial charge in [-0.15, -0.1) is 0 Å². The van der Waals surface area contributed by atoms with Gasteiger partial charge in [0.1, 0.15) is 30.2 Å². The van der Waals surface area contributed by atoms with Crippen LogP contribution in [0.4, 0.5) is 0 Å². The zero-order chi connectivity index (χ0) is 20.8. The van der Waals surface area contributed by atoms with Crippen LogP contribution in [-0.2, 0) is 35.0 Å². The van der Waals surface area contributed by atoms with Crippen LogP contribution in [0.25, 0.3) is 0 Å². The van der Waals surface area contributed by atoms with Crippen LogP contribution in [0.5, 0.6) is 5.75 Å². The molecule has 0 amide bonds. The molecule has 3 fully saturated rings. The van der Waals surface area contributed by atoms with Crippen molar-refractivity contribution in [2.75, 3.05) is 6.61 Å². The molecule has 3 aliphatic heterocycles. The molecule has 1 aromatic rings. The van der Waals surface area contributed by atoms with Gasteiger partial charge < -0.3 is 33.2 Å². The highest BCUT2D eigenvalue weighted by molar-refractivity contribution is 5.27. The molecule has 3 aliphatic rings. The first-order valence-corrected chi connectivity index (χ1v) is 10.3. The molecular weight excluding hydrogens is 376 g/mol. The van der Waals surface area contributed by atoms with Crippen molar-refractivity contribution in [3.05, 3.63) is 29.8 Å². The van der Waals surface area contributed by atoms with Crippen molar-refractivity contribution in [1.29, 1.82) is 0 Å². The third-order valence-electron chi connectivity index (χ3n) is 5.10. The number of benzene rings is 1. The topological polar surface area (TPSA) is 64.6 Å². The van der Waals surface area contributed by atoms with Crippen LogP contribution in [0, 0.1) is 0 Å². The summed E-state index contributed by atoms with van der Waals surface area (Å²) in [6.07, 6.45) is -1.49. The van der Waals surface area contributed by atoms with E-state index in [4.69, 9.17) is 33.2 Å². The molecule has 0 N–H and O–H groups in total. The van der Waals surface area contributed by atoms with E-state index >= 15 is 0 Å². The summed E-state index contributed by atoms with van der Waals surface area (Å²) in [5, 5.41) is 0. The van der Waals surface area contributed by atoms with E-state index in [1.54, 1.807) is 0 Å². The Labute approximate surface area is 172 Å². The highest BCUT2D eigenvalue weighted by Gasteiger charge is 2.60. The van der Waals surface area contributed by atoms with Crippen LogP contribution in [0.3, 0.4) is 0 Å². The van der Waals surface area contributed by atoms with Crippen molar-refractivity contribution in [2.45, 2.75) is 96.5 Å². The highest BCUT2D eigenvalue weighted by Crippen LogP contribution is 2.44. The summed E-state index contributed by atoms with van der Waals surface area (Å²) >= 11 is 0. The summed E-state index contributed by atoms with van der Waals surface area (Å²) < 4.78 is 42.0. The summed E-state index contributed by atoms with van der Waals surface area (Å²) in [5.41, 5.74) is 1.07. The molecule has 0 aliphatic carbocycles. The fourth-order valence-corrected chi connectivity index (χ4v) is 4.06. The second-order valence-corrected chi connectivity index (χ2v) is 9.03. The van der Waals surface area contributed by atoms with Crippen LogP contribution in [-0.4, -0.2) is 55.0 Å². The number of hydrogen-bond acceptors (Lipinski definition) is 7. The molecule has 0 saturated carbocycles. The van der Waals surface area contributed by atoms with E-state index in [1.165, 1.54) is 0 Å². The minimum Gasteiger partial charge on any atom is -0.491 e. The minimum absolute atomic E-state index is 0.155. The minimum atomic E-state index is -0.717. The van der Waals surface area contributed by atoms with Gasteiger partial charge >= 0.3 is 0 Å². The van der Waals surface area contributed by atoms with Crippen molar-refractivity contribution in [2.24, 2.45) is 0 Å². The molecule has 0 spiro atoms. The Morgan fingerprint density at radius 3 is 2.17 bits per heavy atom. The summed E-state index contributed by atoms with van der Waals surface area (Å²) in [7, 11) is 0. The van der Waals surface area contributed by atoms with Crippen molar-refractivity contribution >= 4 is 0 Å². The lowest BCUT2D eigenvalue weighted by molar-refractivity contribution is -0.243. The van der Waals surface area contributed by atoms with Gasteiger partial charge in [0.05, 0.1) is 19.3 Å². The van der Waals surface area contributed by atoms with E-state index in [2.05, 4.69) is 0 Å². The van der Waals surface area contributed by atoms with Crippen molar-refractivity contribution in [1.82, 2.24) is 0 Å². The molecule has 4 rings (SSSR count). The Hall–Kier alpha value is -1.22. The average molecular weight is 408 g/mol. The maximum Gasteiger partial charge on any atom is 0.190 e. The summed E-state index contributed by atoms with van der Waals surface area (Å²) in [4.78, 5) is 0. The summed E-state index contributed by atoms with van der Waals surface area (Å²) in [6, 6.07) is 7.93. The van der Waals surface area contributed by atoms with Crippen LogP contribution in [0.1, 0.15) is 47.1 Å². The molecule has 7 heteroatoms. The number of fused-ring (bicyclic) bond motifs is 3. The predicted octanol–water partition coefficient (Wildman–Crippen LogP) is 3.39. The maximum atomic E-state index is 6.16. The number of hydrogen-bond donors (Lipinski definition) is 0. The summed E-state index contributed by atoms with van der Waals surface area (Å²) in [6.45, 7) is 12.4. The first-order valence-electron chi connectivity index (χ1n) is 10.3. The Balaban J connectivity index is 1.37. The number of rotatable bonds is 6. The fraction of sp³-hybridized carbons (Fsp3) is 0.727. The molecule has 0 radical (unpaired) electrons. The molecule has 0 unspecified atom stereocenters. The van der Waals surface area contributed by atoms with E-state index in [9.17, 15) is 0 Å². The molecular formula is C22H32O7. The van der Waals surface area contributed by atoms with E-state index in [0.29, 0.717) is 13.2 Å². The molecule has 5 atom stereocenters.